The molecule has 1 amide bonds. The van der Waals surface area contributed by atoms with Gasteiger partial charge in [0.2, 0.25) is 5.91 Å². The Bertz CT molecular complexity index is 504. The van der Waals surface area contributed by atoms with Gasteiger partial charge < -0.3 is 10.2 Å². The number of para-hydroxylation sites is 1. The van der Waals surface area contributed by atoms with E-state index in [1.165, 1.54) is 18.2 Å². The number of carbonyl (C=O) groups excluding carboxylic acids is 1. The molecule has 0 aromatic heterocycles. The molecule has 0 radical (unpaired) electrons. The SMILES string of the molecule is CN(C)C(=S)SCC(=O)Nc1ccccc1C(F)(F)F. The van der Waals surface area contributed by atoms with Gasteiger partial charge in [0.15, 0.2) is 0 Å². The summed E-state index contributed by atoms with van der Waals surface area (Å²) in [4.78, 5) is 13.3. The molecule has 8 heteroatoms. The number of halogens is 3. The van der Waals surface area contributed by atoms with E-state index in [1.54, 1.807) is 19.0 Å². The van der Waals surface area contributed by atoms with Crippen LogP contribution in [0.5, 0.6) is 0 Å². The molecule has 3 nitrogen and oxygen atoms in total. The van der Waals surface area contributed by atoms with Crippen molar-refractivity contribution in [3.8, 4) is 0 Å². The van der Waals surface area contributed by atoms with Crippen molar-refractivity contribution in [2.24, 2.45) is 0 Å². The summed E-state index contributed by atoms with van der Waals surface area (Å²) < 4.78 is 38.7. The molecule has 0 bridgehead atoms. The zero-order valence-corrected chi connectivity index (χ0v) is 12.5. The lowest BCUT2D eigenvalue weighted by Crippen LogP contribution is -2.22. The molecular weight excluding hydrogens is 309 g/mol. The van der Waals surface area contributed by atoms with Gasteiger partial charge in [0, 0.05) is 14.1 Å². The maximum absolute atomic E-state index is 12.7. The van der Waals surface area contributed by atoms with E-state index in [0.717, 1.165) is 17.8 Å². The Hall–Kier alpha value is -1.28. The highest BCUT2D eigenvalue weighted by Gasteiger charge is 2.33. The zero-order chi connectivity index (χ0) is 15.3. The molecular formula is C12H13F3N2OS2. The van der Waals surface area contributed by atoms with Crippen LogP contribution in [-0.4, -0.2) is 35.0 Å². The van der Waals surface area contributed by atoms with Gasteiger partial charge >= 0.3 is 6.18 Å². The van der Waals surface area contributed by atoms with Crippen LogP contribution >= 0.6 is 24.0 Å². The van der Waals surface area contributed by atoms with Crippen molar-refractivity contribution in [1.82, 2.24) is 4.90 Å². The fourth-order valence-electron chi connectivity index (χ4n) is 1.28. The van der Waals surface area contributed by atoms with Gasteiger partial charge in [0.25, 0.3) is 0 Å². The molecule has 1 N–H and O–H groups in total. The highest BCUT2D eigenvalue weighted by atomic mass is 32.2. The number of thiocarbonyl (C=S) groups is 1. The van der Waals surface area contributed by atoms with Crippen LogP contribution in [0.1, 0.15) is 5.56 Å². The normalized spacial score (nSPS) is 11.1. The minimum atomic E-state index is -4.50. The van der Waals surface area contributed by atoms with Gasteiger partial charge in [-0.15, -0.1) is 0 Å². The first-order chi connectivity index (χ1) is 9.21. The minimum absolute atomic E-state index is 0.0385. The molecule has 0 aliphatic heterocycles. The smallest absolute Gasteiger partial charge is 0.364 e. The Morgan fingerprint density at radius 3 is 2.50 bits per heavy atom. The summed E-state index contributed by atoms with van der Waals surface area (Å²) in [6.07, 6.45) is -4.50. The predicted octanol–water partition coefficient (Wildman–Crippen LogP) is 3.22. The van der Waals surface area contributed by atoms with Crippen molar-refractivity contribution in [1.29, 1.82) is 0 Å². The number of anilines is 1. The van der Waals surface area contributed by atoms with Gasteiger partial charge in [-0.05, 0) is 12.1 Å². The monoisotopic (exact) mass is 322 g/mol. The largest absolute Gasteiger partial charge is 0.418 e. The van der Waals surface area contributed by atoms with Crippen molar-refractivity contribution in [3.05, 3.63) is 29.8 Å². The van der Waals surface area contributed by atoms with Gasteiger partial charge in [-0.25, -0.2) is 0 Å². The summed E-state index contributed by atoms with van der Waals surface area (Å²) in [6.45, 7) is 0. The van der Waals surface area contributed by atoms with Gasteiger partial charge in [-0.1, -0.05) is 36.1 Å². The van der Waals surface area contributed by atoms with Crippen LogP contribution in [-0.2, 0) is 11.0 Å². The Morgan fingerprint density at radius 1 is 1.35 bits per heavy atom. The molecule has 0 aliphatic carbocycles. The molecule has 20 heavy (non-hydrogen) atoms. The number of rotatable bonds is 3. The van der Waals surface area contributed by atoms with E-state index < -0.39 is 17.6 Å². The number of amides is 1. The number of alkyl halides is 3. The fourth-order valence-corrected chi connectivity index (χ4v) is 2.04. The third kappa shape index (κ3) is 5.01. The third-order valence-corrected chi connectivity index (χ3v) is 3.94. The van der Waals surface area contributed by atoms with Gasteiger partial charge in [0.05, 0.1) is 17.0 Å². The van der Waals surface area contributed by atoms with Crippen molar-refractivity contribution in [2.45, 2.75) is 6.18 Å². The first-order valence-corrected chi connectivity index (χ1v) is 6.91. The average Bonchev–Trinajstić information content (AvgIpc) is 2.35. The van der Waals surface area contributed by atoms with Crippen LogP contribution in [0, 0.1) is 0 Å². The molecule has 0 unspecified atom stereocenters. The Morgan fingerprint density at radius 2 is 1.95 bits per heavy atom. The van der Waals surface area contributed by atoms with Gasteiger partial charge in [-0.2, -0.15) is 13.2 Å². The summed E-state index contributed by atoms with van der Waals surface area (Å²) in [5.74, 6) is -0.570. The molecule has 1 rings (SSSR count). The lowest BCUT2D eigenvalue weighted by atomic mass is 10.1. The van der Waals surface area contributed by atoms with Crippen molar-refractivity contribution in [3.63, 3.8) is 0 Å². The van der Waals surface area contributed by atoms with E-state index in [2.05, 4.69) is 5.32 Å². The van der Waals surface area contributed by atoms with Crippen LogP contribution in [0.4, 0.5) is 18.9 Å². The molecule has 1 aromatic carbocycles. The zero-order valence-electron chi connectivity index (χ0n) is 10.8. The lowest BCUT2D eigenvalue weighted by molar-refractivity contribution is -0.137. The van der Waals surface area contributed by atoms with Crippen LogP contribution in [0.15, 0.2) is 24.3 Å². The Labute approximate surface area is 124 Å². The maximum atomic E-state index is 12.7. The van der Waals surface area contributed by atoms with Crippen LogP contribution < -0.4 is 5.32 Å². The molecule has 110 valence electrons. The molecule has 0 aliphatic rings. The van der Waals surface area contributed by atoms with E-state index >= 15 is 0 Å². The van der Waals surface area contributed by atoms with Crippen molar-refractivity contribution >= 4 is 39.9 Å². The lowest BCUT2D eigenvalue weighted by Gasteiger charge is -2.14. The van der Waals surface area contributed by atoms with E-state index in [4.69, 9.17) is 12.2 Å². The number of carbonyl (C=O) groups is 1. The molecule has 0 saturated heterocycles. The average molecular weight is 322 g/mol. The van der Waals surface area contributed by atoms with E-state index in [-0.39, 0.29) is 11.4 Å². The molecule has 0 atom stereocenters. The molecule has 0 spiro atoms. The van der Waals surface area contributed by atoms with Crippen LogP contribution in [0.25, 0.3) is 0 Å². The quantitative estimate of drug-likeness (QED) is 0.866. The van der Waals surface area contributed by atoms with Crippen LogP contribution in [0.3, 0.4) is 0 Å². The standard InChI is InChI=1S/C12H13F3N2OS2/c1-17(2)11(19)20-7-10(18)16-9-6-4-3-5-8(9)12(13,14)15/h3-6H,7H2,1-2H3,(H,16,18). The number of nitrogens with zero attached hydrogens (tertiary/aromatic N) is 1. The topological polar surface area (TPSA) is 32.3 Å². The number of nitrogens with one attached hydrogen (secondary N) is 1. The first kappa shape index (κ1) is 16.8. The summed E-state index contributed by atoms with van der Waals surface area (Å²) in [5.41, 5.74) is -1.12. The van der Waals surface area contributed by atoms with Crippen molar-refractivity contribution in [2.75, 3.05) is 25.2 Å². The summed E-state index contributed by atoms with van der Waals surface area (Å²) in [7, 11) is 3.46. The Kier molecular flexibility index (Phi) is 5.82. The second-order valence-electron chi connectivity index (χ2n) is 4.04. The fraction of sp³-hybridized carbons (Fsp3) is 0.333. The van der Waals surface area contributed by atoms with Crippen LogP contribution in [0.2, 0.25) is 0 Å². The number of thioether (sulfide) groups is 1. The van der Waals surface area contributed by atoms with Gasteiger partial charge in [0.1, 0.15) is 4.32 Å². The number of hydrogen-bond acceptors (Lipinski definition) is 3. The van der Waals surface area contributed by atoms with E-state index in [0.29, 0.717) is 4.32 Å². The maximum Gasteiger partial charge on any atom is 0.418 e. The first-order valence-electron chi connectivity index (χ1n) is 5.52. The Balaban J connectivity index is 2.70. The second-order valence-corrected chi connectivity index (χ2v) is 5.65. The summed E-state index contributed by atoms with van der Waals surface area (Å²) >= 11 is 6.06. The van der Waals surface area contributed by atoms with E-state index in [1.807, 2.05) is 0 Å². The second kappa shape index (κ2) is 6.94. The molecule has 1 aromatic rings. The summed E-state index contributed by atoms with van der Waals surface area (Å²) in [6, 6.07) is 4.85. The molecule has 0 fully saturated rings. The third-order valence-electron chi connectivity index (χ3n) is 2.20. The van der Waals surface area contributed by atoms with Gasteiger partial charge in [-0.3, -0.25) is 4.79 Å². The van der Waals surface area contributed by atoms with E-state index in [9.17, 15) is 18.0 Å². The summed E-state index contributed by atoms with van der Waals surface area (Å²) in [5, 5.41) is 2.25. The number of hydrogen-bond donors (Lipinski definition) is 1. The highest BCUT2D eigenvalue weighted by molar-refractivity contribution is 8.23. The molecule has 0 heterocycles. The number of benzene rings is 1. The highest BCUT2D eigenvalue weighted by Crippen LogP contribution is 2.34. The minimum Gasteiger partial charge on any atom is -0.364 e. The molecule has 0 saturated carbocycles. The van der Waals surface area contributed by atoms with Crippen molar-refractivity contribution < 1.29 is 18.0 Å². The predicted molar refractivity (Wildman–Crippen MR) is 78.8 cm³/mol.